The summed E-state index contributed by atoms with van der Waals surface area (Å²) in [6, 6.07) is 6.46. The third kappa shape index (κ3) is 3.29. The predicted octanol–water partition coefficient (Wildman–Crippen LogP) is 4.06. The number of hydrogen-bond acceptors (Lipinski definition) is 4. The van der Waals surface area contributed by atoms with E-state index in [1.807, 2.05) is 19.9 Å². The molecule has 0 saturated carbocycles. The fraction of sp³-hybridized carbons (Fsp3) is 0.167. The van der Waals surface area contributed by atoms with Crippen molar-refractivity contribution >= 4 is 17.5 Å². The first-order valence-electron chi connectivity index (χ1n) is 7.23. The van der Waals surface area contributed by atoms with Gasteiger partial charge in [-0.1, -0.05) is 38.6 Å². The second-order valence-electron chi connectivity index (χ2n) is 5.41. The maximum absolute atomic E-state index is 11.8. The molecule has 1 aromatic rings. The molecule has 118 valence electrons. The van der Waals surface area contributed by atoms with Gasteiger partial charge in [0.2, 0.25) is 0 Å². The molecule has 0 aliphatic carbocycles. The van der Waals surface area contributed by atoms with Crippen molar-refractivity contribution in [1.29, 1.82) is 0 Å². The molecule has 5 heteroatoms. The lowest BCUT2D eigenvalue weighted by Gasteiger charge is -2.26. The lowest BCUT2D eigenvalue weighted by atomic mass is 9.91. The average Bonchev–Trinajstić information content (AvgIpc) is 2.53. The highest BCUT2D eigenvalue weighted by atomic mass is 16.6. The van der Waals surface area contributed by atoms with E-state index in [2.05, 4.69) is 6.58 Å². The fourth-order valence-electron chi connectivity index (χ4n) is 2.57. The molecule has 0 unspecified atom stereocenters. The van der Waals surface area contributed by atoms with Crippen LogP contribution < -0.4 is 0 Å². The van der Waals surface area contributed by atoms with Crippen LogP contribution in [-0.2, 0) is 4.79 Å². The molecule has 0 atom stereocenters. The maximum Gasteiger partial charge on any atom is 0.276 e. The van der Waals surface area contributed by atoms with E-state index < -0.39 is 4.92 Å². The number of hydrogen-bond donors (Lipinski definition) is 0. The van der Waals surface area contributed by atoms with Gasteiger partial charge in [0.15, 0.2) is 6.29 Å². The molecule has 1 aromatic carbocycles. The Labute approximate surface area is 135 Å². The van der Waals surface area contributed by atoms with Crippen molar-refractivity contribution in [1.82, 2.24) is 4.90 Å². The molecule has 5 nitrogen and oxygen atoms in total. The van der Waals surface area contributed by atoms with Crippen LogP contribution in [0.4, 0.5) is 5.69 Å². The lowest BCUT2D eigenvalue weighted by Crippen LogP contribution is -2.20. The highest BCUT2D eigenvalue weighted by molar-refractivity contribution is 5.91. The van der Waals surface area contributed by atoms with E-state index in [4.69, 9.17) is 0 Å². The van der Waals surface area contributed by atoms with E-state index in [1.165, 1.54) is 6.07 Å². The maximum atomic E-state index is 11.8. The zero-order valence-corrected chi connectivity index (χ0v) is 13.1. The predicted molar refractivity (Wildman–Crippen MR) is 90.2 cm³/mol. The van der Waals surface area contributed by atoms with Crippen LogP contribution in [0.5, 0.6) is 0 Å². The van der Waals surface area contributed by atoms with E-state index in [9.17, 15) is 14.9 Å². The van der Waals surface area contributed by atoms with Gasteiger partial charge in [-0.15, -0.1) is 0 Å². The van der Waals surface area contributed by atoms with Crippen LogP contribution in [0.1, 0.15) is 19.4 Å². The highest BCUT2D eigenvalue weighted by Gasteiger charge is 2.24. The minimum atomic E-state index is -0.430. The number of aldehydes is 1. The second-order valence-corrected chi connectivity index (χ2v) is 5.41. The van der Waals surface area contributed by atoms with Crippen molar-refractivity contribution < 1.29 is 9.72 Å². The van der Waals surface area contributed by atoms with E-state index in [-0.39, 0.29) is 11.6 Å². The number of nitrogens with zero attached hydrogens (tertiary/aromatic N) is 2. The van der Waals surface area contributed by atoms with Crippen LogP contribution in [0.2, 0.25) is 0 Å². The quantitative estimate of drug-likeness (QED) is 0.356. The normalized spacial score (nSPS) is 14.9. The molecule has 1 heterocycles. The molecule has 1 aliphatic rings. The minimum absolute atomic E-state index is 0.0160. The molecular formula is C18H18N2O3. The van der Waals surface area contributed by atoms with Gasteiger partial charge < -0.3 is 4.90 Å². The summed E-state index contributed by atoms with van der Waals surface area (Å²) < 4.78 is 0. The monoisotopic (exact) mass is 310 g/mol. The summed E-state index contributed by atoms with van der Waals surface area (Å²) in [5.41, 5.74) is 2.04. The zero-order valence-electron chi connectivity index (χ0n) is 13.1. The molecule has 0 saturated heterocycles. The molecule has 0 spiro atoms. The summed E-state index contributed by atoms with van der Waals surface area (Å²) in [5, 5.41) is 11.3. The Morgan fingerprint density at radius 3 is 2.57 bits per heavy atom. The summed E-state index contributed by atoms with van der Waals surface area (Å²) in [4.78, 5) is 24.3. The third-order valence-corrected chi connectivity index (χ3v) is 3.56. The van der Waals surface area contributed by atoms with Gasteiger partial charge in [0, 0.05) is 18.0 Å². The van der Waals surface area contributed by atoms with Crippen molar-refractivity contribution in [3.8, 4) is 0 Å². The number of benzene rings is 1. The summed E-state index contributed by atoms with van der Waals surface area (Å²) in [6.07, 6.45) is 7.83. The molecule has 2 rings (SSSR count). The van der Waals surface area contributed by atoms with Crippen molar-refractivity contribution in [2.75, 3.05) is 0 Å². The molecule has 0 radical (unpaired) electrons. The van der Waals surface area contributed by atoms with Gasteiger partial charge in [-0.2, -0.15) is 0 Å². The van der Waals surface area contributed by atoms with Crippen molar-refractivity contribution in [2.45, 2.75) is 13.8 Å². The Morgan fingerprint density at radius 1 is 1.30 bits per heavy atom. The molecule has 0 N–H and O–H groups in total. The standard InChI is InChI=1S/C18H18N2O3/c1-13(2)18(15-9-4-5-10-16(15)20(22)23)17(12-21)19-11-7-6-8-14(19)3/h4-13H,3H2,1-2H3/b18-17+. The number of para-hydroxylation sites is 1. The number of carbonyl (C=O) groups excluding carboxylic acids is 1. The highest BCUT2D eigenvalue weighted by Crippen LogP contribution is 2.35. The summed E-state index contributed by atoms with van der Waals surface area (Å²) in [7, 11) is 0. The van der Waals surface area contributed by atoms with E-state index in [0.717, 1.165) is 6.29 Å². The number of nitro benzene ring substituents is 1. The van der Waals surface area contributed by atoms with Gasteiger partial charge in [-0.05, 0) is 29.7 Å². The summed E-state index contributed by atoms with van der Waals surface area (Å²) >= 11 is 0. The molecule has 1 aliphatic heterocycles. The van der Waals surface area contributed by atoms with Crippen LogP contribution in [0.3, 0.4) is 0 Å². The molecular weight excluding hydrogens is 292 g/mol. The molecule has 0 amide bonds. The number of nitro groups is 1. The smallest absolute Gasteiger partial charge is 0.276 e. The number of carbonyl (C=O) groups is 1. The second kappa shape index (κ2) is 6.87. The van der Waals surface area contributed by atoms with Crippen molar-refractivity contribution in [3.63, 3.8) is 0 Å². The first kappa shape index (κ1) is 16.4. The third-order valence-electron chi connectivity index (χ3n) is 3.56. The van der Waals surface area contributed by atoms with Gasteiger partial charge in [0.05, 0.1) is 16.2 Å². The van der Waals surface area contributed by atoms with E-state index in [0.29, 0.717) is 22.5 Å². The average molecular weight is 310 g/mol. The topological polar surface area (TPSA) is 63.5 Å². The van der Waals surface area contributed by atoms with Gasteiger partial charge in [0.1, 0.15) is 0 Å². The first-order chi connectivity index (χ1) is 11.0. The Kier molecular flexibility index (Phi) is 4.91. The number of allylic oxidation sites excluding steroid dienone is 5. The van der Waals surface area contributed by atoms with E-state index in [1.54, 1.807) is 41.5 Å². The summed E-state index contributed by atoms with van der Waals surface area (Å²) in [5.74, 6) is -0.0802. The van der Waals surface area contributed by atoms with Crippen LogP contribution in [0, 0.1) is 16.0 Å². The lowest BCUT2D eigenvalue weighted by molar-refractivity contribution is -0.385. The largest absolute Gasteiger partial charge is 0.315 e. The van der Waals surface area contributed by atoms with Crippen LogP contribution >= 0.6 is 0 Å². The van der Waals surface area contributed by atoms with Gasteiger partial charge in [0.25, 0.3) is 5.69 Å². The Balaban J connectivity index is 2.72. The molecule has 0 bridgehead atoms. The Morgan fingerprint density at radius 2 is 2.00 bits per heavy atom. The molecule has 23 heavy (non-hydrogen) atoms. The Bertz CT molecular complexity index is 742. The van der Waals surface area contributed by atoms with Crippen molar-refractivity contribution in [3.05, 3.63) is 82.3 Å². The van der Waals surface area contributed by atoms with E-state index >= 15 is 0 Å². The zero-order chi connectivity index (χ0) is 17.0. The van der Waals surface area contributed by atoms with Gasteiger partial charge >= 0.3 is 0 Å². The van der Waals surface area contributed by atoms with Crippen molar-refractivity contribution in [2.24, 2.45) is 5.92 Å². The minimum Gasteiger partial charge on any atom is -0.315 e. The Hall–Kier alpha value is -2.95. The van der Waals surface area contributed by atoms with Crippen LogP contribution in [-0.4, -0.2) is 16.1 Å². The molecule has 0 aromatic heterocycles. The van der Waals surface area contributed by atoms with Gasteiger partial charge in [-0.25, -0.2) is 0 Å². The number of rotatable bonds is 5. The first-order valence-corrected chi connectivity index (χ1v) is 7.23. The SMILES string of the molecule is C=C1C=CC=CN1/C(C=O)=C(/c1ccccc1[N+](=O)[O-])C(C)C. The fourth-order valence-corrected chi connectivity index (χ4v) is 2.57. The van der Waals surface area contributed by atoms with Crippen LogP contribution in [0.15, 0.2) is 66.7 Å². The molecule has 0 fully saturated rings. The van der Waals surface area contributed by atoms with Crippen LogP contribution in [0.25, 0.3) is 5.57 Å². The van der Waals surface area contributed by atoms with Gasteiger partial charge in [-0.3, -0.25) is 14.9 Å². The summed E-state index contributed by atoms with van der Waals surface area (Å²) in [6.45, 7) is 7.73.